The van der Waals surface area contributed by atoms with Gasteiger partial charge in [0.15, 0.2) is 0 Å². The van der Waals surface area contributed by atoms with Crippen LogP contribution in [-0.2, 0) is 9.59 Å². The quantitative estimate of drug-likeness (QED) is 0.540. The van der Waals surface area contributed by atoms with E-state index in [9.17, 15) is 9.59 Å². The van der Waals surface area contributed by atoms with Crippen LogP contribution in [0.1, 0.15) is 71.1 Å². The van der Waals surface area contributed by atoms with Gasteiger partial charge < -0.3 is 20.9 Å². The van der Waals surface area contributed by atoms with Crippen LogP contribution in [0.2, 0.25) is 0 Å². The van der Waals surface area contributed by atoms with Gasteiger partial charge in [-0.1, -0.05) is 0 Å². The van der Waals surface area contributed by atoms with Crippen molar-refractivity contribution >= 4 is 11.8 Å². The van der Waals surface area contributed by atoms with Crippen molar-refractivity contribution in [3.8, 4) is 0 Å². The highest BCUT2D eigenvalue weighted by Gasteiger charge is 2.40. The lowest BCUT2D eigenvalue weighted by Gasteiger charge is -2.40. The molecule has 4 rings (SSSR count). The van der Waals surface area contributed by atoms with E-state index in [1.807, 2.05) is 0 Å². The second-order valence-electron chi connectivity index (χ2n) is 10.1. The molecule has 0 spiro atoms. The van der Waals surface area contributed by atoms with E-state index < -0.39 is 0 Å². The lowest BCUT2D eigenvalue weighted by Crippen LogP contribution is -2.57. The molecular weight excluding hydrogens is 378 g/mol. The molecule has 7 heteroatoms. The average Bonchev–Trinajstić information content (AvgIpc) is 3.17. The van der Waals surface area contributed by atoms with Crippen molar-refractivity contribution in [3.63, 3.8) is 0 Å². The number of rotatable bonds is 5. The molecule has 2 amide bonds. The van der Waals surface area contributed by atoms with E-state index >= 15 is 0 Å². The Balaban J connectivity index is 1.20. The molecule has 30 heavy (non-hydrogen) atoms. The van der Waals surface area contributed by atoms with Crippen LogP contribution in [0.25, 0.3) is 0 Å². The summed E-state index contributed by atoms with van der Waals surface area (Å²) in [5.41, 5.74) is 0. The van der Waals surface area contributed by atoms with Crippen molar-refractivity contribution in [2.75, 3.05) is 20.1 Å². The highest BCUT2D eigenvalue weighted by Crippen LogP contribution is 2.36. The van der Waals surface area contributed by atoms with Gasteiger partial charge in [0.1, 0.15) is 0 Å². The minimum Gasteiger partial charge on any atom is -0.359 e. The molecule has 2 aliphatic heterocycles. The van der Waals surface area contributed by atoms with E-state index in [-0.39, 0.29) is 17.7 Å². The first-order chi connectivity index (χ1) is 14.5. The zero-order valence-corrected chi connectivity index (χ0v) is 18.8. The smallest absolute Gasteiger partial charge is 0.222 e. The predicted octanol–water partition coefficient (Wildman–Crippen LogP) is 1.34. The maximum Gasteiger partial charge on any atom is 0.222 e. The number of fused-ring (bicyclic) bond motifs is 1. The first-order valence-corrected chi connectivity index (χ1v) is 12.3. The molecule has 4 N–H and O–H groups in total. The van der Waals surface area contributed by atoms with E-state index in [0.717, 1.165) is 51.6 Å². The summed E-state index contributed by atoms with van der Waals surface area (Å²) in [7, 11) is 1.74. The molecule has 7 nitrogen and oxygen atoms in total. The van der Waals surface area contributed by atoms with E-state index in [1.54, 1.807) is 14.0 Å². The first kappa shape index (κ1) is 22.0. The molecule has 4 fully saturated rings. The molecule has 5 unspecified atom stereocenters. The van der Waals surface area contributed by atoms with Gasteiger partial charge >= 0.3 is 0 Å². The van der Waals surface area contributed by atoms with Crippen molar-refractivity contribution in [2.24, 2.45) is 11.8 Å². The minimum absolute atomic E-state index is 0.208. The molecule has 2 heterocycles. The van der Waals surface area contributed by atoms with E-state index in [1.165, 1.54) is 25.7 Å². The fraction of sp³-hybridized carbons (Fsp3) is 0.913. The van der Waals surface area contributed by atoms with Crippen LogP contribution in [-0.4, -0.2) is 67.2 Å². The lowest BCUT2D eigenvalue weighted by molar-refractivity contribution is -0.130. The molecule has 2 saturated heterocycles. The summed E-state index contributed by atoms with van der Waals surface area (Å²) in [4.78, 5) is 25.8. The second-order valence-corrected chi connectivity index (χ2v) is 10.1. The highest BCUT2D eigenvalue weighted by molar-refractivity contribution is 5.78. The molecule has 5 atom stereocenters. The molecule has 2 saturated carbocycles. The first-order valence-electron chi connectivity index (χ1n) is 12.3. The fourth-order valence-corrected chi connectivity index (χ4v) is 6.52. The van der Waals surface area contributed by atoms with Crippen molar-refractivity contribution in [3.05, 3.63) is 0 Å². The molecule has 170 valence electrons. The molecule has 0 aromatic carbocycles. The maximum atomic E-state index is 11.8. The van der Waals surface area contributed by atoms with Gasteiger partial charge in [0.05, 0.1) is 6.17 Å². The largest absolute Gasteiger partial charge is 0.359 e. The van der Waals surface area contributed by atoms with E-state index in [0.29, 0.717) is 36.3 Å². The lowest BCUT2D eigenvalue weighted by atomic mass is 9.81. The summed E-state index contributed by atoms with van der Waals surface area (Å²) in [6.07, 6.45) is 11.6. The molecule has 0 bridgehead atoms. The van der Waals surface area contributed by atoms with Gasteiger partial charge in [-0.2, -0.15) is 0 Å². The molecule has 0 aromatic rings. The van der Waals surface area contributed by atoms with Crippen LogP contribution < -0.4 is 21.3 Å². The van der Waals surface area contributed by atoms with Gasteiger partial charge in [-0.15, -0.1) is 0 Å². The Morgan fingerprint density at radius 2 is 1.60 bits per heavy atom. The number of nitrogens with one attached hydrogen (secondary N) is 4. The van der Waals surface area contributed by atoms with Crippen molar-refractivity contribution in [1.29, 1.82) is 0 Å². The van der Waals surface area contributed by atoms with Crippen molar-refractivity contribution in [1.82, 2.24) is 26.2 Å². The monoisotopic (exact) mass is 419 g/mol. The average molecular weight is 420 g/mol. The molecule has 0 aromatic heterocycles. The third kappa shape index (κ3) is 5.17. The van der Waals surface area contributed by atoms with E-state index in [4.69, 9.17) is 0 Å². The molecular formula is C23H41N5O2. The van der Waals surface area contributed by atoms with Gasteiger partial charge in [-0.3, -0.25) is 14.9 Å². The third-order valence-electron chi connectivity index (χ3n) is 8.14. The number of hydrogen-bond acceptors (Lipinski definition) is 5. The summed E-state index contributed by atoms with van der Waals surface area (Å²) < 4.78 is 0. The Kier molecular flexibility index (Phi) is 7.32. The zero-order valence-electron chi connectivity index (χ0n) is 18.8. The Morgan fingerprint density at radius 1 is 0.867 bits per heavy atom. The summed E-state index contributed by atoms with van der Waals surface area (Å²) in [5, 5.41) is 14.3. The van der Waals surface area contributed by atoms with Gasteiger partial charge in [0.2, 0.25) is 11.8 Å². The SMILES string of the molecule is CNC(=O)C1CCC(NC2CCNC(NC3CCC4C(CCN4C(C)=O)C3)C2)CC1. The Morgan fingerprint density at radius 3 is 2.33 bits per heavy atom. The third-order valence-corrected chi connectivity index (χ3v) is 8.14. The maximum absolute atomic E-state index is 11.8. The summed E-state index contributed by atoms with van der Waals surface area (Å²) in [6, 6.07) is 2.17. The number of piperidine rings is 1. The topological polar surface area (TPSA) is 85.5 Å². The molecule has 4 aliphatic rings. The minimum atomic E-state index is 0.208. The number of carbonyl (C=O) groups excluding carboxylic acids is 2. The Hall–Kier alpha value is -1.18. The normalized spacial score (nSPS) is 39.4. The van der Waals surface area contributed by atoms with Crippen LogP contribution in [0.3, 0.4) is 0 Å². The van der Waals surface area contributed by atoms with Gasteiger partial charge in [-0.25, -0.2) is 0 Å². The summed E-state index contributed by atoms with van der Waals surface area (Å²) in [6.45, 7) is 3.73. The second kappa shape index (κ2) is 9.96. The van der Waals surface area contributed by atoms with Crippen LogP contribution in [0.5, 0.6) is 0 Å². The van der Waals surface area contributed by atoms with Gasteiger partial charge in [-0.05, 0) is 76.7 Å². The summed E-state index contributed by atoms with van der Waals surface area (Å²) >= 11 is 0. The van der Waals surface area contributed by atoms with Crippen LogP contribution >= 0.6 is 0 Å². The number of hydrogen-bond donors (Lipinski definition) is 4. The number of amides is 2. The van der Waals surface area contributed by atoms with Crippen molar-refractivity contribution in [2.45, 2.75) is 101 Å². The highest BCUT2D eigenvalue weighted by atomic mass is 16.2. The van der Waals surface area contributed by atoms with Gasteiger partial charge in [0.25, 0.3) is 0 Å². The fourth-order valence-electron chi connectivity index (χ4n) is 6.52. The van der Waals surface area contributed by atoms with Crippen LogP contribution in [0.4, 0.5) is 0 Å². The number of likely N-dealkylation sites (tertiary alicyclic amines) is 1. The Labute approximate surface area is 181 Å². The predicted molar refractivity (Wildman–Crippen MR) is 118 cm³/mol. The van der Waals surface area contributed by atoms with Gasteiger partial charge in [0, 0.05) is 50.6 Å². The zero-order chi connectivity index (χ0) is 21.1. The summed E-state index contributed by atoms with van der Waals surface area (Å²) in [5.74, 6) is 1.34. The van der Waals surface area contributed by atoms with Crippen LogP contribution in [0, 0.1) is 11.8 Å². The molecule has 0 radical (unpaired) electrons. The standard InChI is InChI=1S/C23H41N5O2/c1-15(29)28-12-10-17-13-19(7-8-21(17)28)27-22-14-20(9-11-25-22)26-18-5-3-16(4-6-18)23(30)24-2/h16-22,25-27H,3-14H2,1-2H3,(H,24,30). The number of nitrogens with zero attached hydrogens (tertiary/aromatic N) is 1. The number of carbonyl (C=O) groups is 2. The van der Waals surface area contributed by atoms with Crippen LogP contribution in [0.15, 0.2) is 0 Å². The Bertz CT molecular complexity index is 606. The molecule has 2 aliphatic carbocycles. The van der Waals surface area contributed by atoms with Crippen molar-refractivity contribution < 1.29 is 9.59 Å². The van der Waals surface area contributed by atoms with E-state index in [2.05, 4.69) is 26.2 Å².